The molecule has 0 heterocycles. The maximum absolute atomic E-state index is 14.8. The molecule has 84 heavy (non-hydrogen) atoms. The summed E-state index contributed by atoms with van der Waals surface area (Å²) in [5, 5.41) is 14.2. The molecule has 0 radical (unpaired) electrons. The van der Waals surface area contributed by atoms with Crippen LogP contribution < -0.4 is 5.32 Å². The third-order valence-corrected chi connectivity index (χ3v) is 23.2. The Balaban J connectivity index is 1.07. The Labute approximate surface area is 511 Å². The van der Waals surface area contributed by atoms with E-state index in [1.165, 1.54) is 82.6 Å². The predicted molar refractivity (Wildman–Crippen MR) is 340 cm³/mol. The number of phosphoric acid groups is 1. The number of carbonyl (C=O) groups is 4. The minimum Gasteiger partial charge on any atom is -0.462 e. The number of esters is 2. The molecule has 0 saturated heterocycles. The fraction of sp³-hybridized carbons (Fsp3) is 0.859. The molecule has 0 aliphatic heterocycles. The van der Waals surface area contributed by atoms with Gasteiger partial charge in [0.15, 0.2) is 11.9 Å². The molecule has 5 rings (SSSR count). The third-order valence-electron chi connectivity index (χ3n) is 22.2. The zero-order valence-corrected chi connectivity index (χ0v) is 55.7. The third kappa shape index (κ3) is 20.5. The second kappa shape index (κ2) is 34.9. The fourth-order valence-electron chi connectivity index (χ4n) is 16.4. The maximum Gasteiger partial charge on any atom is 0.472 e. The summed E-state index contributed by atoms with van der Waals surface area (Å²) in [5.74, 6) is -0.659. The fourth-order valence-corrected chi connectivity index (χ4v) is 17.2. The van der Waals surface area contributed by atoms with Crippen LogP contribution in [0.5, 0.6) is 0 Å². The van der Waals surface area contributed by atoms with Gasteiger partial charge in [-0.05, 0) is 167 Å². The molecule has 1 amide bonds. The van der Waals surface area contributed by atoms with Crippen LogP contribution in [0.2, 0.25) is 0 Å². The van der Waals surface area contributed by atoms with Crippen LogP contribution in [0.15, 0.2) is 36.0 Å². The van der Waals surface area contributed by atoms with E-state index in [0.29, 0.717) is 32.1 Å². The molecule has 12 nitrogen and oxygen atoms in total. The highest BCUT2D eigenvalue weighted by molar-refractivity contribution is 7.47. The van der Waals surface area contributed by atoms with Crippen LogP contribution in [0.3, 0.4) is 0 Å². The molecule has 3 N–H and O–H groups in total. The first-order valence-electron chi connectivity index (χ1n) is 34.5. The van der Waals surface area contributed by atoms with Gasteiger partial charge in [0.25, 0.3) is 0 Å². The number of aliphatic hydroxyl groups is 1. The van der Waals surface area contributed by atoms with E-state index in [-0.39, 0.29) is 95.2 Å². The molecule has 0 aromatic rings. The van der Waals surface area contributed by atoms with Crippen molar-refractivity contribution in [1.82, 2.24) is 5.32 Å². The summed E-state index contributed by atoms with van der Waals surface area (Å²) in [5.41, 5.74) is -0.484. The van der Waals surface area contributed by atoms with E-state index < -0.39 is 37.9 Å². The van der Waals surface area contributed by atoms with Crippen molar-refractivity contribution in [3.8, 4) is 0 Å². The molecular weight excluding hydrogens is 1070 g/mol. The van der Waals surface area contributed by atoms with Crippen LogP contribution >= 0.6 is 7.82 Å². The van der Waals surface area contributed by atoms with Crippen LogP contribution in [0.4, 0.5) is 0 Å². The van der Waals surface area contributed by atoms with Gasteiger partial charge in [-0.25, -0.2) is 4.57 Å². The number of ether oxygens (including phenoxy) is 2. The van der Waals surface area contributed by atoms with E-state index in [2.05, 4.69) is 85.0 Å². The first kappa shape index (κ1) is 72.1. The highest BCUT2D eigenvalue weighted by Crippen LogP contribution is 2.75. The Kier molecular flexibility index (Phi) is 30.0. The molecule has 482 valence electrons. The van der Waals surface area contributed by atoms with Gasteiger partial charge in [-0.15, -0.1) is 0 Å². The average molecular weight is 1200 g/mol. The highest BCUT2D eigenvalue weighted by Gasteiger charge is 2.70. The number of carbonyl (C=O) groups excluding carboxylic acids is 4. The number of aliphatic hydroxyl groups excluding tert-OH is 1. The molecular formula is C71H122NO11P. The van der Waals surface area contributed by atoms with E-state index in [9.17, 15) is 33.7 Å². The van der Waals surface area contributed by atoms with Crippen molar-refractivity contribution in [2.75, 3.05) is 26.4 Å². The summed E-state index contributed by atoms with van der Waals surface area (Å²) in [6.07, 6.45) is 47.6. The largest absolute Gasteiger partial charge is 0.472 e. The van der Waals surface area contributed by atoms with E-state index >= 15 is 0 Å². The minimum atomic E-state index is -4.69. The van der Waals surface area contributed by atoms with Crippen LogP contribution in [0.1, 0.15) is 300 Å². The van der Waals surface area contributed by atoms with E-state index in [0.717, 1.165) is 116 Å². The number of unbranched alkanes of at least 4 members (excludes halogenated alkanes) is 22. The van der Waals surface area contributed by atoms with Gasteiger partial charge in [0.1, 0.15) is 6.61 Å². The van der Waals surface area contributed by atoms with Crippen LogP contribution in [-0.4, -0.2) is 72.2 Å². The van der Waals surface area contributed by atoms with Gasteiger partial charge in [0.05, 0.1) is 19.3 Å². The number of nitrogens with one attached hydrogen (secondary N) is 1. The standard InChI is InChI=1S/C71H122NO11P/c1-10-12-14-16-18-20-22-24-26-28-30-32-34-36-38-40-62(75)80-54-56(83-63(76)41-39-37-35-33-31-29-27-25-23-21-19-17-15-13-11-2)55-82-84(78,79)81-51-50-72-65(77)68(6)47-46-67(5)48-49-70(8)57(58(67)53-68)52-59(73)64-69(7)44-43-61(74)66(3,4)60(69)42-45-71(64,70)9/h24-27,52,56,58,60-61,64,74H,10-23,28-51,53-55H2,1-9H3,(H,72,77)(H,78,79)/b26-24-,27-25-/t56?,58-,60-,61-,64+,67+,68-,69-,70+,71+/m0/s1. The first-order chi connectivity index (χ1) is 40.0. The lowest BCUT2D eigenvalue weighted by Gasteiger charge is -2.70. The number of hydrogen-bond donors (Lipinski definition) is 3. The normalized spacial score (nSPS) is 30.2. The average Bonchev–Trinajstić information content (AvgIpc) is 0.807. The molecule has 5 aliphatic rings. The summed E-state index contributed by atoms with van der Waals surface area (Å²) in [6, 6.07) is 0. The van der Waals surface area contributed by atoms with Gasteiger partial charge in [-0.3, -0.25) is 28.2 Å². The van der Waals surface area contributed by atoms with Crippen molar-refractivity contribution < 1.29 is 52.3 Å². The lowest BCUT2D eigenvalue weighted by atomic mass is 9.33. The number of allylic oxidation sites excluding steroid dienone is 6. The topological polar surface area (TPSA) is 175 Å². The van der Waals surface area contributed by atoms with Crippen molar-refractivity contribution in [1.29, 1.82) is 0 Å². The van der Waals surface area contributed by atoms with Crippen molar-refractivity contribution >= 4 is 31.5 Å². The Bertz CT molecular complexity index is 2170. The lowest BCUT2D eigenvalue weighted by molar-refractivity contribution is -0.202. The summed E-state index contributed by atoms with van der Waals surface area (Å²) in [7, 11) is -4.69. The van der Waals surface area contributed by atoms with Crippen molar-refractivity contribution in [2.45, 2.75) is 312 Å². The number of phosphoric ester groups is 1. The summed E-state index contributed by atoms with van der Waals surface area (Å²) < 4.78 is 35.3. The number of ketones is 1. The van der Waals surface area contributed by atoms with Gasteiger partial charge < -0.3 is 24.8 Å². The summed E-state index contributed by atoms with van der Waals surface area (Å²) in [4.78, 5) is 65.9. The molecule has 2 unspecified atom stereocenters. The quantitative estimate of drug-likeness (QED) is 0.0230. The van der Waals surface area contributed by atoms with Crippen molar-refractivity contribution in [2.24, 2.45) is 50.2 Å². The van der Waals surface area contributed by atoms with Crippen LogP contribution in [0, 0.1) is 50.2 Å². The van der Waals surface area contributed by atoms with Gasteiger partial charge in [0.2, 0.25) is 5.91 Å². The monoisotopic (exact) mass is 1200 g/mol. The Morgan fingerprint density at radius 2 is 1.15 bits per heavy atom. The number of rotatable bonds is 41. The highest BCUT2D eigenvalue weighted by atomic mass is 31.2. The molecule has 13 heteroatoms. The van der Waals surface area contributed by atoms with E-state index in [1.54, 1.807) is 0 Å². The van der Waals surface area contributed by atoms with Crippen molar-refractivity contribution in [3.63, 3.8) is 0 Å². The number of amides is 1. The predicted octanol–water partition coefficient (Wildman–Crippen LogP) is 18.1. The van der Waals surface area contributed by atoms with Crippen LogP contribution in [0.25, 0.3) is 0 Å². The summed E-state index contributed by atoms with van der Waals surface area (Å²) in [6.45, 7) is 19.2. The van der Waals surface area contributed by atoms with Gasteiger partial charge in [0, 0.05) is 30.7 Å². The van der Waals surface area contributed by atoms with Gasteiger partial charge >= 0.3 is 19.8 Å². The zero-order chi connectivity index (χ0) is 61.3. The molecule has 0 aromatic heterocycles. The van der Waals surface area contributed by atoms with E-state index in [1.807, 2.05) is 13.0 Å². The molecule has 4 saturated carbocycles. The molecule has 0 aromatic carbocycles. The maximum atomic E-state index is 14.8. The summed E-state index contributed by atoms with van der Waals surface area (Å²) >= 11 is 0. The molecule has 4 fully saturated rings. The van der Waals surface area contributed by atoms with E-state index in [4.69, 9.17) is 18.5 Å². The molecule has 11 atom stereocenters. The molecule has 0 spiro atoms. The SMILES string of the molecule is CCCCCCCC/C=C\CCCCCCCC(=O)OCC(COP(=O)(O)OCCNC(=O)[C@@]1(C)CC[C@]2(C)CC[C@]3(C)C(=CC(=O)[C@@H]4[C@@]5(C)CC[C@H](O)C(C)(C)[C@@H]5CC[C@]43C)[C@@H]2C1)OC(=O)CCCCCCC/C=C\CCCCCCCC. The Morgan fingerprint density at radius 3 is 1.71 bits per heavy atom. The smallest absolute Gasteiger partial charge is 0.462 e. The zero-order valence-electron chi connectivity index (χ0n) is 54.8. The van der Waals surface area contributed by atoms with Gasteiger partial charge in [-0.2, -0.15) is 0 Å². The Hall–Kier alpha value is -2.63. The second-order valence-corrected chi connectivity index (χ2v) is 30.4. The Morgan fingerprint density at radius 1 is 0.643 bits per heavy atom. The van der Waals surface area contributed by atoms with Gasteiger partial charge in [-0.1, -0.05) is 195 Å². The minimum absolute atomic E-state index is 0.0317. The molecule has 0 bridgehead atoms. The second-order valence-electron chi connectivity index (χ2n) is 28.9. The molecule has 5 aliphatic carbocycles. The van der Waals surface area contributed by atoms with Crippen molar-refractivity contribution in [3.05, 3.63) is 36.0 Å². The first-order valence-corrected chi connectivity index (χ1v) is 36.0. The number of hydrogen-bond acceptors (Lipinski definition) is 10. The number of fused-ring (bicyclic) bond motifs is 7. The van der Waals surface area contributed by atoms with Crippen LogP contribution in [-0.2, 0) is 42.3 Å². The lowest BCUT2D eigenvalue weighted by Crippen LogP contribution is -2.66.